The summed E-state index contributed by atoms with van der Waals surface area (Å²) in [5.74, 6) is 0.461. The highest BCUT2D eigenvalue weighted by atomic mass is 16.5. The standard InChI is InChI=1S/C18H20N4O3/c1-4-23-13-7-6-11(8-14(13)24-5-2)16-12(9-19)17(20)25-18-15(16)10(3)21-22-18/h6-8,12,16,20H,4-5H2,1-3H3,(H,21,22). The molecule has 0 amide bonds. The molecule has 1 aliphatic heterocycles. The number of rotatable bonds is 5. The molecular formula is C18H20N4O3. The molecule has 2 aromatic rings. The SMILES string of the molecule is CCOc1ccc(C2c3c(n[nH]c3C)OC(=N)C2C#N)cc1OCC. The van der Waals surface area contributed by atoms with E-state index in [0.29, 0.717) is 30.6 Å². The van der Waals surface area contributed by atoms with Crippen LogP contribution in [0.25, 0.3) is 0 Å². The summed E-state index contributed by atoms with van der Waals surface area (Å²) in [5, 5.41) is 24.6. The number of H-pyrrole nitrogens is 1. The first-order valence-corrected chi connectivity index (χ1v) is 8.20. The van der Waals surface area contributed by atoms with Gasteiger partial charge in [-0.2, -0.15) is 5.26 Å². The van der Waals surface area contributed by atoms with E-state index < -0.39 is 5.92 Å². The lowest BCUT2D eigenvalue weighted by atomic mass is 9.79. The molecular weight excluding hydrogens is 320 g/mol. The van der Waals surface area contributed by atoms with E-state index in [0.717, 1.165) is 16.8 Å². The molecule has 0 saturated carbocycles. The van der Waals surface area contributed by atoms with Crippen molar-refractivity contribution in [2.45, 2.75) is 26.7 Å². The summed E-state index contributed by atoms with van der Waals surface area (Å²) < 4.78 is 16.7. The molecule has 1 aromatic carbocycles. The van der Waals surface area contributed by atoms with E-state index in [-0.39, 0.29) is 11.8 Å². The van der Waals surface area contributed by atoms with Crippen LogP contribution < -0.4 is 14.2 Å². The van der Waals surface area contributed by atoms with Gasteiger partial charge in [-0.05, 0) is 38.5 Å². The summed E-state index contributed by atoms with van der Waals surface area (Å²) in [5.41, 5.74) is 2.48. The van der Waals surface area contributed by atoms with Gasteiger partial charge in [0.05, 0.1) is 19.3 Å². The van der Waals surface area contributed by atoms with E-state index in [1.807, 2.05) is 39.0 Å². The minimum Gasteiger partial charge on any atom is -0.490 e. The minimum atomic E-state index is -0.726. The summed E-state index contributed by atoms with van der Waals surface area (Å²) in [7, 11) is 0. The summed E-state index contributed by atoms with van der Waals surface area (Å²) >= 11 is 0. The van der Waals surface area contributed by atoms with Gasteiger partial charge >= 0.3 is 0 Å². The van der Waals surface area contributed by atoms with Crippen molar-refractivity contribution in [3.8, 4) is 23.4 Å². The van der Waals surface area contributed by atoms with E-state index in [1.165, 1.54) is 0 Å². The first-order chi connectivity index (χ1) is 12.1. The number of aryl methyl sites for hydroxylation is 1. The molecule has 0 saturated heterocycles. The molecule has 7 heteroatoms. The average molecular weight is 340 g/mol. The second-order valence-electron chi connectivity index (χ2n) is 5.69. The molecule has 130 valence electrons. The number of hydrogen-bond acceptors (Lipinski definition) is 6. The third kappa shape index (κ3) is 2.91. The number of hydrogen-bond donors (Lipinski definition) is 2. The van der Waals surface area contributed by atoms with Crippen LogP contribution in [0.15, 0.2) is 18.2 Å². The summed E-state index contributed by atoms with van der Waals surface area (Å²) in [6.07, 6.45) is 0. The van der Waals surface area contributed by atoms with Gasteiger partial charge in [0.25, 0.3) is 0 Å². The zero-order valence-electron chi connectivity index (χ0n) is 14.4. The quantitative estimate of drug-likeness (QED) is 0.870. The predicted molar refractivity (Wildman–Crippen MR) is 91.4 cm³/mol. The Balaban J connectivity index is 2.13. The highest BCUT2D eigenvalue weighted by molar-refractivity contribution is 5.84. The molecule has 0 radical (unpaired) electrons. The number of nitrogens with one attached hydrogen (secondary N) is 2. The van der Waals surface area contributed by atoms with Gasteiger partial charge in [0.15, 0.2) is 11.5 Å². The van der Waals surface area contributed by atoms with E-state index in [1.54, 1.807) is 0 Å². The van der Waals surface area contributed by atoms with Crippen molar-refractivity contribution in [1.29, 1.82) is 10.7 Å². The van der Waals surface area contributed by atoms with Crippen LogP contribution in [-0.4, -0.2) is 29.3 Å². The van der Waals surface area contributed by atoms with E-state index in [4.69, 9.17) is 19.6 Å². The fraction of sp³-hybridized carbons (Fsp3) is 0.389. The maximum atomic E-state index is 9.60. The van der Waals surface area contributed by atoms with E-state index in [9.17, 15) is 5.26 Å². The van der Waals surface area contributed by atoms with Crippen LogP contribution in [0.5, 0.6) is 17.4 Å². The van der Waals surface area contributed by atoms with Crippen LogP contribution in [0, 0.1) is 29.6 Å². The molecule has 0 spiro atoms. The topological polar surface area (TPSA) is 104 Å². The van der Waals surface area contributed by atoms with Crippen molar-refractivity contribution in [3.63, 3.8) is 0 Å². The Morgan fingerprint density at radius 3 is 2.68 bits per heavy atom. The van der Waals surface area contributed by atoms with Gasteiger partial charge in [0.1, 0.15) is 5.92 Å². The van der Waals surface area contributed by atoms with E-state index in [2.05, 4.69) is 16.3 Å². The fourth-order valence-electron chi connectivity index (χ4n) is 3.10. The van der Waals surface area contributed by atoms with Crippen LogP contribution in [-0.2, 0) is 0 Å². The van der Waals surface area contributed by atoms with E-state index >= 15 is 0 Å². The zero-order valence-corrected chi connectivity index (χ0v) is 14.4. The van der Waals surface area contributed by atoms with Crippen molar-refractivity contribution in [2.24, 2.45) is 5.92 Å². The van der Waals surface area contributed by atoms with Gasteiger partial charge < -0.3 is 14.2 Å². The molecule has 7 nitrogen and oxygen atoms in total. The third-order valence-electron chi connectivity index (χ3n) is 4.16. The van der Waals surface area contributed by atoms with Gasteiger partial charge in [-0.25, -0.2) is 0 Å². The Kier molecular flexibility index (Phi) is 4.61. The second-order valence-corrected chi connectivity index (χ2v) is 5.69. The molecule has 0 bridgehead atoms. The van der Waals surface area contributed by atoms with Crippen molar-refractivity contribution >= 4 is 5.90 Å². The molecule has 1 aromatic heterocycles. The third-order valence-corrected chi connectivity index (χ3v) is 4.16. The Morgan fingerprint density at radius 1 is 1.28 bits per heavy atom. The van der Waals surface area contributed by atoms with Crippen molar-refractivity contribution in [2.75, 3.05) is 13.2 Å². The molecule has 0 fully saturated rings. The second kappa shape index (κ2) is 6.85. The largest absolute Gasteiger partial charge is 0.490 e. The predicted octanol–water partition coefficient (Wildman–Crippen LogP) is 3.16. The average Bonchev–Trinajstić information content (AvgIpc) is 2.96. The molecule has 0 aliphatic carbocycles. The number of ether oxygens (including phenoxy) is 3. The van der Waals surface area contributed by atoms with Gasteiger partial charge in [0.2, 0.25) is 11.8 Å². The highest BCUT2D eigenvalue weighted by Gasteiger charge is 2.40. The maximum absolute atomic E-state index is 9.60. The van der Waals surface area contributed by atoms with Gasteiger partial charge in [-0.15, -0.1) is 5.10 Å². The normalized spacial score (nSPS) is 18.9. The lowest BCUT2D eigenvalue weighted by Gasteiger charge is -2.28. The van der Waals surface area contributed by atoms with Gasteiger partial charge in [0, 0.05) is 17.2 Å². The van der Waals surface area contributed by atoms with Gasteiger partial charge in [-0.3, -0.25) is 10.5 Å². The fourth-order valence-corrected chi connectivity index (χ4v) is 3.10. The van der Waals surface area contributed by atoms with Crippen LogP contribution in [0.1, 0.15) is 36.6 Å². The van der Waals surface area contributed by atoms with Crippen molar-refractivity contribution < 1.29 is 14.2 Å². The van der Waals surface area contributed by atoms with Crippen LogP contribution in [0.2, 0.25) is 0 Å². The Bertz CT molecular complexity index is 837. The molecule has 3 rings (SSSR count). The summed E-state index contributed by atoms with van der Waals surface area (Å²) in [4.78, 5) is 0. The number of nitriles is 1. The van der Waals surface area contributed by atoms with Gasteiger partial charge in [-0.1, -0.05) is 6.07 Å². The molecule has 2 heterocycles. The first-order valence-electron chi connectivity index (χ1n) is 8.20. The maximum Gasteiger partial charge on any atom is 0.243 e. The van der Waals surface area contributed by atoms with Crippen molar-refractivity contribution in [3.05, 3.63) is 35.0 Å². The number of benzene rings is 1. The van der Waals surface area contributed by atoms with Crippen LogP contribution in [0.3, 0.4) is 0 Å². The number of nitrogens with zero attached hydrogens (tertiary/aromatic N) is 2. The van der Waals surface area contributed by atoms with Crippen LogP contribution >= 0.6 is 0 Å². The lowest BCUT2D eigenvalue weighted by molar-refractivity contribution is 0.287. The number of fused-ring (bicyclic) bond motifs is 1. The Hall–Kier alpha value is -3.01. The summed E-state index contributed by atoms with van der Waals surface area (Å²) in [6, 6.07) is 7.80. The highest BCUT2D eigenvalue weighted by Crippen LogP contribution is 2.44. The molecule has 2 atom stereocenters. The minimum absolute atomic E-state index is 0.0988. The molecule has 25 heavy (non-hydrogen) atoms. The molecule has 2 unspecified atom stereocenters. The Morgan fingerprint density at radius 2 is 2.00 bits per heavy atom. The number of aromatic amines is 1. The zero-order chi connectivity index (χ0) is 18.0. The van der Waals surface area contributed by atoms with Crippen molar-refractivity contribution in [1.82, 2.24) is 10.2 Å². The summed E-state index contributed by atoms with van der Waals surface area (Å²) in [6.45, 7) is 6.74. The Labute approximate surface area is 146 Å². The molecule has 2 N–H and O–H groups in total. The van der Waals surface area contributed by atoms with Crippen LogP contribution in [0.4, 0.5) is 0 Å². The smallest absolute Gasteiger partial charge is 0.243 e. The number of aromatic nitrogens is 2. The first kappa shape index (κ1) is 16.8. The molecule has 1 aliphatic rings. The monoisotopic (exact) mass is 340 g/mol. The lowest BCUT2D eigenvalue weighted by Crippen LogP contribution is -2.31.